The number of nitrogens with zero attached hydrogens (tertiary/aromatic N) is 1. The van der Waals surface area contributed by atoms with E-state index in [1.807, 2.05) is 12.1 Å². The van der Waals surface area contributed by atoms with Crippen LogP contribution in [0.3, 0.4) is 0 Å². The summed E-state index contributed by atoms with van der Waals surface area (Å²) in [5.74, 6) is -0.133. The van der Waals surface area contributed by atoms with Crippen molar-refractivity contribution in [2.24, 2.45) is 0 Å². The quantitative estimate of drug-likeness (QED) is 0.781. The van der Waals surface area contributed by atoms with E-state index in [2.05, 4.69) is 10.2 Å². The first-order valence-electron chi connectivity index (χ1n) is 6.10. The van der Waals surface area contributed by atoms with Gasteiger partial charge in [-0.1, -0.05) is 18.2 Å². The number of ether oxygens (including phenoxy) is 1. The second-order valence-corrected chi connectivity index (χ2v) is 4.22. The molecule has 1 heterocycles. The first-order valence-corrected chi connectivity index (χ1v) is 6.10. The van der Waals surface area contributed by atoms with E-state index in [4.69, 9.17) is 4.74 Å². The maximum atomic E-state index is 13.3. The smallest absolute Gasteiger partial charge is 0.127 e. The van der Waals surface area contributed by atoms with Gasteiger partial charge in [-0.15, -0.1) is 0 Å². The molecule has 0 aliphatic carbocycles. The molecule has 0 bridgehead atoms. The normalized spacial score (nSPS) is 17.2. The number of morpholine rings is 1. The second kappa shape index (κ2) is 6.69. The third kappa shape index (κ3) is 4.07. The first kappa shape index (κ1) is 12.5. The van der Waals surface area contributed by atoms with Gasteiger partial charge in [0.2, 0.25) is 0 Å². The van der Waals surface area contributed by atoms with Crippen molar-refractivity contribution in [1.82, 2.24) is 10.2 Å². The van der Waals surface area contributed by atoms with Crippen molar-refractivity contribution < 1.29 is 9.13 Å². The summed E-state index contributed by atoms with van der Waals surface area (Å²) in [5.41, 5.74) is 0.731. The molecule has 1 aliphatic heterocycles. The number of halogens is 1. The van der Waals surface area contributed by atoms with E-state index < -0.39 is 0 Å². The highest BCUT2D eigenvalue weighted by molar-refractivity contribution is 5.16. The fraction of sp³-hybridized carbons (Fsp3) is 0.538. The third-order valence-corrected chi connectivity index (χ3v) is 2.98. The lowest BCUT2D eigenvalue weighted by Crippen LogP contribution is -2.40. The van der Waals surface area contributed by atoms with Crippen LogP contribution in [0.25, 0.3) is 0 Å². The van der Waals surface area contributed by atoms with E-state index in [1.165, 1.54) is 6.07 Å². The zero-order chi connectivity index (χ0) is 11.9. The number of nitrogens with one attached hydrogen (secondary N) is 1. The molecule has 0 saturated carbocycles. The van der Waals surface area contributed by atoms with Gasteiger partial charge in [0.05, 0.1) is 13.2 Å². The third-order valence-electron chi connectivity index (χ3n) is 2.98. The van der Waals surface area contributed by atoms with Gasteiger partial charge < -0.3 is 10.1 Å². The van der Waals surface area contributed by atoms with Crippen molar-refractivity contribution in [3.05, 3.63) is 35.6 Å². The average Bonchev–Trinajstić information content (AvgIpc) is 2.38. The minimum absolute atomic E-state index is 0.133. The topological polar surface area (TPSA) is 24.5 Å². The van der Waals surface area contributed by atoms with Crippen molar-refractivity contribution in [2.75, 3.05) is 39.4 Å². The Kier molecular flexibility index (Phi) is 4.91. The fourth-order valence-electron chi connectivity index (χ4n) is 1.93. The highest BCUT2D eigenvalue weighted by Crippen LogP contribution is 2.05. The van der Waals surface area contributed by atoms with Crippen molar-refractivity contribution in [2.45, 2.75) is 6.54 Å². The number of benzene rings is 1. The molecule has 1 saturated heterocycles. The lowest BCUT2D eigenvalue weighted by Gasteiger charge is -2.26. The Balaban J connectivity index is 1.64. The molecule has 94 valence electrons. The van der Waals surface area contributed by atoms with E-state index in [-0.39, 0.29) is 5.82 Å². The summed E-state index contributed by atoms with van der Waals surface area (Å²) >= 11 is 0. The highest BCUT2D eigenvalue weighted by atomic mass is 19.1. The molecule has 1 aromatic rings. The lowest BCUT2D eigenvalue weighted by atomic mass is 10.2. The van der Waals surface area contributed by atoms with Gasteiger partial charge in [-0.3, -0.25) is 4.90 Å². The van der Waals surface area contributed by atoms with Crippen LogP contribution in [0.1, 0.15) is 5.56 Å². The first-order chi connectivity index (χ1) is 8.36. The highest BCUT2D eigenvalue weighted by Gasteiger charge is 2.09. The van der Waals surface area contributed by atoms with Gasteiger partial charge in [0.25, 0.3) is 0 Å². The van der Waals surface area contributed by atoms with E-state index in [9.17, 15) is 4.39 Å². The Morgan fingerprint density at radius 3 is 2.76 bits per heavy atom. The molecule has 0 spiro atoms. The average molecular weight is 238 g/mol. The molecule has 4 heteroatoms. The Morgan fingerprint density at radius 1 is 1.24 bits per heavy atom. The van der Waals surface area contributed by atoms with Gasteiger partial charge in [0.1, 0.15) is 5.82 Å². The van der Waals surface area contributed by atoms with Crippen molar-refractivity contribution in [3.8, 4) is 0 Å². The molecule has 1 fully saturated rings. The Morgan fingerprint density at radius 2 is 2.00 bits per heavy atom. The zero-order valence-corrected chi connectivity index (χ0v) is 9.99. The molecule has 0 amide bonds. The number of hydrogen-bond donors (Lipinski definition) is 1. The van der Waals surface area contributed by atoms with E-state index in [0.717, 1.165) is 45.0 Å². The monoisotopic (exact) mass is 238 g/mol. The molecule has 3 nitrogen and oxygen atoms in total. The summed E-state index contributed by atoms with van der Waals surface area (Å²) in [6.07, 6.45) is 0. The number of rotatable bonds is 5. The summed E-state index contributed by atoms with van der Waals surface area (Å²) in [6, 6.07) is 6.89. The minimum atomic E-state index is -0.133. The van der Waals surface area contributed by atoms with Crippen LogP contribution in [0, 0.1) is 5.82 Å². The Hall–Kier alpha value is -0.970. The van der Waals surface area contributed by atoms with Gasteiger partial charge in [0.15, 0.2) is 0 Å². The summed E-state index contributed by atoms with van der Waals surface area (Å²) in [7, 11) is 0. The van der Waals surface area contributed by atoms with Gasteiger partial charge in [-0.2, -0.15) is 0 Å². The minimum Gasteiger partial charge on any atom is -0.379 e. The predicted octanol–water partition coefficient (Wildman–Crippen LogP) is 1.25. The molecule has 2 rings (SSSR count). The lowest BCUT2D eigenvalue weighted by molar-refractivity contribution is 0.0384. The van der Waals surface area contributed by atoms with Crippen LogP contribution in [-0.2, 0) is 11.3 Å². The Bertz CT molecular complexity index is 340. The van der Waals surface area contributed by atoms with Crippen LogP contribution < -0.4 is 5.32 Å². The van der Waals surface area contributed by atoms with Crippen LogP contribution >= 0.6 is 0 Å². The summed E-state index contributed by atoms with van der Waals surface area (Å²) in [4.78, 5) is 2.36. The van der Waals surface area contributed by atoms with Crippen LogP contribution in [0.2, 0.25) is 0 Å². The summed E-state index contributed by atoms with van der Waals surface area (Å²) in [5, 5.41) is 3.27. The van der Waals surface area contributed by atoms with Gasteiger partial charge in [-0.05, 0) is 6.07 Å². The van der Waals surface area contributed by atoms with Gasteiger partial charge in [-0.25, -0.2) is 4.39 Å². The van der Waals surface area contributed by atoms with Crippen LogP contribution in [0.4, 0.5) is 4.39 Å². The van der Waals surface area contributed by atoms with E-state index in [0.29, 0.717) is 6.54 Å². The van der Waals surface area contributed by atoms with Crippen molar-refractivity contribution in [1.29, 1.82) is 0 Å². The fourth-order valence-corrected chi connectivity index (χ4v) is 1.93. The van der Waals surface area contributed by atoms with Crippen molar-refractivity contribution >= 4 is 0 Å². The molecule has 0 radical (unpaired) electrons. The molecule has 0 aromatic heterocycles. The van der Waals surface area contributed by atoms with E-state index in [1.54, 1.807) is 6.07 Å². The van der Waals surface area contributed by atoms with E-state index >= 15 is 0 Å². The zero-order valence-electron chi connectivity index (χ0n) is 9.99. The van der Waals surface area contributed by atoms with Crippen LogP contribution in [0.5, 0.6) is 0 Å². The summed E-state index contributed by atoms with van der Waals surface area (Å²) < 4.78 is 18.6. The second-order valence-electron chi connectivity index (χ2n) is 4.22. The van der Waals surface area contributed by atoms with Gasteiger partial charge >= 0.3 is 0 Å². The molecular weight excluding hydrogens is 219 g/mol. The van der Waals surface area contributed by atoms with Gasteiger partial charge in [0, 0.05) is 38.3 Å². The molecule has 0 atom stereocenters. The number of hydrogen-bond acceptors (Lipinski definition) is 3. The summed E-state index contributed by atoms with van der Waals surface area (Å²) in [6.45, 7) is 6.13. The van der Waals surface area contributed by atoms with Crippen LogP contribution in [0.15, 0.2) is 24.3 Å². The molecule has 1 N–H and O–H groups in total. The van der Waals surface area contributed by atoms with Crippen molar-refractivity contribution in [3.63, 3.8) is 0 Å². The molecule has 0 unspecified atom stereocenters. The van der Waals surface area contributed by atoms with Crippen LogP contribution in [-0.4, -0.2) is 44.3 Å². The standard InChI is InChI=1S/C13H19FN2O/c14-13-4-2-1-3-12(13)11-15-5-6-16-7-9-17-10-8-16/h1-4,15H,5-11H2. The Labute approximate surface area is 102 Å². The maximum absolute atomic E-state index is 13.3. The largest absolute Gasteiger partial charge is 0.379 e. The molecule has 17 heavy (non-hydrogen) atoms. The predicted molar refractivity (Wildman–Crippen MR) is 65.4 cm³/mol. The molecular formula is C13H19FN2O. The molecule has 1 aromatic carbocycles. The SMILES string of the molecule is Fc1ccccc1CNCCN1CCOCC1. The molecule has 1 aliphatic rings. The maximum Gasteiger partial charge on any atom is 0.127 e.